The summed E-state index contributed by atoms with van der Waals surface area (Å²) in [4.78, 5) is 33.7. The zero-order valence-corrected chi connectivity index (χ0v) is 21.0. The zero-order chi connectivity index (χ0) is 25.4. The van der Waals surface area contributed by atoms with E-state index in [1.807, 2.05) is 63.3 Å². The molecule has 8 nitrogen and oxygen atoms in total. The van der Waals surface area contributed by atoms with Crippen molar-refractivity contribution >= 4 is 24.1 Å². The number of aromatic nitrogens is 1. The van der Waals surface area contributed by atoms with Gasteiger partial charge in [-0.1, -0.05) is 56.3 Å². The number of ether oxygens (including phenoxy) is 1. The summed E-state index contributed by atoms with van der Waals surface area (Å²) >= 11 is 0. The number of nitrogens with one attached hydrogen (secondary N) is 1. The number of amides is 3. The Morgan fingerprint density at radius 3 is 2.71 bits per heavy atom. The third kappa shape index (κ3) is 6.82. The average molecular weight is 481 g/mol. The molecule has 188 valence electrons. The third-order valence-corrected chi connectivity index (χ3v) is 6.14. The first kappa shape index (κ1) is 26.2. The maximum absolute atomic E-state index is 13.5. The van der Waals surface area contributed by atoms with Crippen LogP contribution in [0.25, 0.3) is 12.2 Å². The van der Waals surface area contributed by atoms with Crippen LogP contribution in [-0.2, 0) is 0 Å². The lowest BCUT2D eigenvalue weighted by atomic mass is 10.00. The van der Waals surface area contributed by atoms with E-state index in [-0.39, 0.29) is 42.5 Å². The van der Waals surface area contributed by atoms with E-state index in [9.17, 15) is 14.7 Å². The number of aliphatic hydroxyl groups excluding tert-OH is 1. The first-order valence-electron chi connectivity index (χ1n) is 12.1. The molecule has 2 N–H and O–H groups in total. The van der Waals surface area contributed by atoms with Crippen LogP contribution in [0.3, 0.4) is 0 Å². The quantitative estimate of drug-likeness (QED) is 0.603. The largest absolute Gasteiger partial charge is 0.472 e. The van der Waals surface area contributed by atoms with Gasteiger partial charge in [0, 0.05) is 32.3 Å². The Balaban J connectivity index is 1.91. The molecule has 0 bridgehead atoms. The molecule has 1 aromatic carbocycles. The van der Waals surface area contributed by atoms with Crippen LogP contribution in [0.4, 0.5) is 4.79 Å². The highest BCUT2D eigenvalue weighted by atomic mass is 16.5. The average Bonchev–Trinajstić information content (AvgIpc) is 2.88. The number of fused-ring (bicyclic) bond motifs is 1. The van der Waals surface area contributed by atoms with Crippen LogP contribution >= 0.6 is 0 Å². The van der Waals surface area contributed by atoms with E-state index in [4.69, 9.17) is 4.74 Å². The molecular weight excluding hydrogens is 444 g/mol. The van der Waals surface area contributed by atoms with Crippen LogP contribution in [0, 0.1) is 5.92 Å². The van der Waals surface area contributed by atoms with Crippen LogP contribution < -0.4 is 10.1 Å². The van der Waals surface area contributed by atoms with Crippen molar-refractivity contribution in [1.29, 1.82) is 0 Å². The zero-order valence-electron chi connectivity index (χ0n) is 21.0. The van der Waals surface area contributed by atoms with Crippen molar-refractivity contribution in [3.8, 4) is 5.88 Å². The Labute approximate surface area is 207 Å². The first-order chi connectivity index (χ1) is 16.8. The van der Waals surface area contributed by atoms with E-state index in [2.05, 4.69) is 10.3 Å². The van der Waals surface area contributed by atoms with Gasteiger partial charge in [0.2, 0.25) is 5.88 Å². The maximum atomic E-state index is 13.5. The molecule has 0 radical (unpaired) electrons. The second kappa shape index (κ2) is 12.4. The SMILES string of the molecule is CCCNC(=O)N(C)C[C@@H]1Oc2ncc(/C=C/c3ccccc3)cc2C(=O)N([C@H](C)CO)C[C@@H]1C. The van der Waals surface area contributed by atoms with E-state index in [1.165, 1.54) is 0 Å². The second-order valence-electron chi connectivity index (χ2n) is 9.10. The fourth-order valence-electron chi connectivity index (χ4n) is 3.90. The minimum absolute atomic E-state index is 0.0954. The standard InChI is InChI=1S/C27H36N4O4/c1-5-13-28-27(34)30(4)17-24-19(2)16-31(20(3)18-32)26(33)23-14-22(15-29-25(23)35-24)12-11-21-9-7-6-8-10-21/h6-12,14-15,19-20,24,32H,5,13,16-18H2,1-4H3,(H,28,34)/b12-11+/t19-,20+,24-/m0/s1. The van der Waals surface area contributed by atoms with Gasteiger partial charge in [0.1, 0.15) is 11.7 Å². The number of likely N-dealkylation sites (N-methyl/N-ethyl adjacent to an activating group) is 1. The number of nitrogens with zero attached hydrogens (tertiary/aromatic N) is 3. The molecule has 0 unspecified atom stereocenters. The number of hydrogen-bond donors (Lipinski definition) is 2. The van der Waals surface area contributed by atoms with Gasteiger partial charge in [0.25, 0.3) is 5.91 Å². The molecule has 3 amide bonds. The molecule has 0 saturated heterocycles. The van der Waals surface area contributed by atoms with Gasteiger partial charge < -0.3 is 25.0 Å². The first-order valence-corrected chi connectivity index (χ1v) is 12.1. The summed E-state index contributed by atoms with van der Waals surface area (Å²) < 4.78 is 6.26. The molecule has 0 spiro atoms. The molecule has 0 fully saturated rings. The van der Waals surface area contributed by atoms with Crippen LogP contribution in [0.2, 0.25) is 0 Å². The Kier molecular flexibility index (Phi) is 9.25. The summed E-state index contributed by atoms with van der Waals surface area (Å²) in [5, 5.41) is 12.7. The van der Waals surface area contributed by atoms with Crippen LogP contribution in [0.1, 0.15) is 48.7 Å². The molecule has 1 aliphatic rings. The lowest BCUT2D eigenvalue weighted by Gasteiger charge is -2.37. The van der Waals surface area contributed by atoms with Crippen LogP contribution in [-0.4, -0.2) is 77.3 Å². The van der Waals surface area contributed by atoms with E-state index in [1.54, 1.807) is 29.1 Å². The second-order valence-corrected chi connectivity index (χ2v) is 9.10. The van der Waals surface area contributed by atoms with Crippen LogP contribution in [0.5, 0.6) is 5.88 Å². The molecule has 8 heteroatoms. The molecule has 1 aliphatic heterocycles. The van der Waals surface area contributed by atoms with Gasteiger partial charge in [0.05, 0.1) is 19.2 Å². The number of carbonyl (C=O) groups excluding carboxylic acids is 2. The van der Waals surface area contributed by atoms with E-state index in [0.29, 0.717) is 25.2 Å². The summed E-state index contributed by atoms with van der Waals surface area (Å²) in [6.45, 7) is 6.97. The predicted molar refractivity (Wildman–Crippen MR) is 137 cm³/mol. The summed E-state index contributed by atoms with van der Waals surface area (Å²) in [7, 11) is 1.73. The molecule has 3 atom stereocenters. The van der Waals surface area contributed by atoms with Crippen molar-refractivity contribution in [1.82, 2.24) is 20.1 Å². The summed E-state index contributed by atoms with van der Waals surface area (Å²) in [5.41, 5.74) is 2.15. The highest BCUT2D eigenvalue weighted by molar-refractivity contribution is 5.97. The molecule has 3 rings (SSSR count). The third-order valence-electron chi connectivity index (χ3n) is 6.14. The Morgan fingerprint density at radius 1 is 1.31 bits per heavy atom. The lowest BCUT2D eigenvalue weighted by molar-refractivity contribution is 0.0352. The van der Waals surface area contributed by atoms with Gasteiger partial charge in [-0.05, 0) is 30.5 Å². The normalized spacial score (nSPS) is 18.9. The van der Waals surface area contributed by atoms with Gasteiger partial charge in [-0.25, -0.2) is 9.78 Å². The van der Waals surface area contributed by atoms with Gasteiger partial charge in [0.15, 0.2) is 0 Å². The minimum Gasteiger partial charge on any atom is -0.472 e. The fraction of sp³-hybridized carbons (Fsp3) is 0.444. The fourth-order valence-corrected chi connectivity index (χ4v) is 3.90. The molecule has 2 heterocycles. The Bertz CT molecular complexity index is 1030. The van der Waals surface area contributed by atoms with Gasteiger partial charge in [-0.2, -0.15) is 0 Å². The molecule has 0 aliphatic carbocycles. The van der Waals surface area contributed by atoms with E-state index >= 15 is 0 Å². The molecule has 35 heavy (non-hydrogen) atoms. The van der Waals surface area contributed by atoms with Gasteiger partial charge in [-0.3, -0.25) is 4.79 Å². The van der Waals surface area contributed by atoms with Crippen molar-refractivity contribution in [3.05, 3.63) is 59.3 Å². The van der Waals surface area contributed by atoms with Crippen molar-refractivity contribution < 1.29 is 19.4 Å². The van der Waals surface area contributed by atoms with Crippen LogP contribution in [0.15, 0.2) is 42.6 Å². The van der Waals surface area contributed by atoms with Gasteiger partial charge >= 0.3 is 6.03 Å². The monoisotopic (exact) mass is 480 g/mol. The number of carbonyl (C=O) groups is 2. The van der Waals surface area contributed by atoms with Gasteiger partial charge in [-0.15, -0.1) is 0 Å². The molecule has 1 aromatic heterocycles. The van der Waals surface area contributed by atoms with Crippen molar-refractivity contribution in [2.45, 2.75) is 39.3 Å². The highest BCUT2D eigenvalue weighted by Crippen LogP contribution is 2.28. The summed E-state index contributed by atoms with van der Waals surface area (Å²) in [5.74, 6) is -0.0914. The Hall–Kier alpha value is -3.39. The summed E-state index contributed by atoms with van der Waals surface area (Å²) in [6, 6.07) is 11.1. The Morgan fingerprint density at radius 2 is 2.03 bits per heavy atom. The van der Waals surface area contributed by atoms with Crippen molar-refractivity contribution in [2.75, 3.05) is 33.3 Å². The lowest BCUT2D eigenvalue weighted by Crippen LogP contribution is -2.51. The molecular formula is C27H36N4O4. The minimum atomic E-state index is -0.383. The predicted octanol–water partition coefficient (Wildman–Crippen LogP) is 3.52. The number of urea groups is 1. The number of hydrogen-bond acceptors (Lipinski definition) is 5. The van der Waals surface area contributed by atoms with Crippen molar-refractivity contribution in [3.63, 3.8) is 0 Å². The summed E-state index contributed by atoms with van der Waals surface area (Å²) in [6.07, 6.45) is 6.00. The smallest absolute Gasteiger partial charge is 0.317 e. The number of pyridine rings is 1. The number of aliphatic hydroxyl groups is 1. The van der Waals surface area contributed by atoms with Crippen molar-refractivity contribution in [2.24, 2.45) is 5.92 Å². The maximum Gasteiger partial charge on any atom is 0.317 e. The number of benzene rings is 1. The molecule has 2 aromatic rings. The highest BCUT2D eigenvalue weighted by Gasteiger charge is 2.34. The van der Waals surface area contributed by atoms with E-state index in [0.717, 1.165) is 17.5 Å². The topological polar surface area (TPSA) is 95.0 Å². The van der Waals surface area contributed by atoms with E-state index < -0.39 is 0 Å². The molecule has 0 saturated carbocycles. The number of rotatable bonds is 8.